The first-order valence-electron chi connectivity index (χ1n) is 9.34. The maximum absolute atomic E-state index is 12.4. The van der Waals surface area contributed by atoms with Crippen LogP contribution < -0.4 is 5.32 Å². The van der Waals surface area contributed by atoms with Crippen molar-refractivity contribution in [2.75, 3.05) is 18.1 Å². The molecule has 1 aromatic carbocycles. The molecule has 2 aliphatic heterocycles. The van der Waals surface area contributed by atoms with Crippen LogP contribution in [0.1, 0.15) is 38.2 Å². The molecule has 2 atom stereocenters. The zero-order valence-electron chi connectivity index (χ0n) is 15.8. The van der Waals surface area contributed by atoms with Crippen molar-refractivity contribution in [3.63, 3.8) is 0 Å². The highest BCUT2D eigenvalue weighted by molar-refractivity contribution is 7.91. The minimum Gasteiger partial charge on any atom is -0.385 e. The number of rotatable bonds is 6. The molecule has 2 aliphatic rings. The van der Waals surface area contributed by atoms with Gasteiger partial charge in [-0.15, -0.1) is 0 Å². The van der Waals surface area contributed by atoms with Crippen molar-refractivity contribution in [3.05, 3.63) is 35.9 Å². The summed E-state index contributed by atoms with van der Waals surface area (Å²) >= 11 is 0. The van der Waals surface area contributed by atoms with Gasteiger partial charge in [-0.2, -0.15) is 5.10 Å². The Bertz CT molecular complexity index is 880. The van der Waals surface area contributed by atoms with E-state index in [1.165, 1.54) is 5.01 Å². The van der Waals surface area contributed by atoms with Gasteiger partial charge in [-0.1, -0.05) is 30.3 Å². The molecule has 0 saturated carbocycles. The third-order valence-corrected chi connectivity index (χ3v) is 6.92. The molecular formula is C19H25N3O5S. The molecule has 2 amide bonds. The van der Waals surface area contributed by atoms with Gasteiger partial charge >= 0.3 is 0 Å². The Morgan fingerprint density at radius 2 is 2.04 bits per heavy atom. The molecule has 28 heavy (non-hydrogen) atoms. The lowest BCUT2D eigenvalue weighted by molar-refractivity contribution is -0.133. The largest absolute Gasteiger partial charge is 0.385 e. The normalized spacial score (nSPS) is 23.8. The molecule has 1 saturated heterocycles. The molecule has 0 unspecified atom stereocenters. The van der Waals surface area contributed by atoms with Crippen LogP contribution in [0.4, 0.5) is 0 Å². The minimum atomic E-state index is -3.15. The van der Waals surface area contributed by atoms with Crippen LogP contribution >= 0.6 is 0 Å². The maximum atomic E-state index is 12.4. The molecule has 2 N–H and O–H groups in total. The van der Waals surface area contributed by atoms with Crippen LogP contribution in [0, 0.1) is 0 Å². The summed E-state index contributed by atoms with van der Waals surface area (Å²) in [6.45, 7) is 1.93. The van der Waals surface area contributed by atoms with Gasteiger partial charge in [0, 0.05) is 19.4 Å². The predicted molar refractivity (Wildman–Crippen MR) is 104 cm³/mol. The first-order valence-corrected chi connectivity index (χ1v) is 11.2. The van der Waals surface area contributed by atoms with E-state index in [2.05, 4.69) is 10.4 Å². The van der Waals surface area contributed by atoms with Crippen molar-refractivity contribution in [2.24, 2.45) is 5.10 Å². The lowest BCUT2D eigenvalue weighted by atomic mass is 9.92. The Hall–Kier alpha value is -2.26. The number of hydrogen-bond donors (Lipinski definition) is 2. The number of amides is 2. The summed E-state index contributed by atoms with van der Waals surface area (Å²) in [6.07, 6.45) is 1.01. The van der Waals surface area contributed by atoms with E-state index >= 15 is 0 Å². The van der Waals surface area contributed by atoms with Crippen LogP contribution in [-0.2, 0) is 25.0 Å². The summed E-state index contributed by atoms with van der Waals surface area (Å²) in [7, 11) is -3.15. The molecule has 0 bridgehead atoms. The Morgan fingerprint density at radius 3 is 2.68 bits per heavy atom. The van der Waals surface area contributed by atoms with Gasteiger partial charge in [0.1, 0.15) is 5.71 Å². The second-order valence-corrected chi connectivity index (χ2v) is 9.72. The SMILES string of the molecule is C[C@](O)(CCNC(=O)C1=NN([C@@H]2CCS(=O)(=O)C2)C(=O)CC1)c1ccccc1. The number of benzene rings is 1. The summed E-state index contributed by atoms with van der Waals surface area (Å²) in [5.41, 5.74) is -0.106. The third kappa shape index (κ3) is 4.77. The number of hydrazone groups is 1. The van der Waals surface area contributed by atoms with Crippen LogP contribution in [0.15, 0.2) is 35.4 Å². The van der Waals surface area contributed by atoms with Gasteiger partial charge in [0.25, 0.3) is 5.91 Å². The van der Waals surface area contributed by atoms with E-state index in [0.29, 0.717) is 12.8 Å². The predicted octanol–water partition coefficient (Wildman–Crippen LogP) is 0.566. The van der Waals surface area contributed by atoms with E-state index in [1.54, 1.807) is 6.92 Å². The van der Waals surface area contributed by atoms with Gasteiger partial charge in [-0.25, -0.2) is 13.4 Å². The summed E-state index contributed by atoms with van der Waals surface area (Å²) < 4.78 is 23.3. The number of carbonyl (C=O) groups excluding carboxylic acids is 2. The highest BCUT2D eigenvalue weighted by atomic mass is 32.2. The average Bonchev–Trinajstić information content (AvgIpc) is 3.02. The molecule has 0 aromatic heterocycles. The number of nitrogens with one attached hydrogen (secondary N) is 1. The standard InChI is InChI=1S/C19H25N3O5S/c1-19(25,14-5-3-2-4-6-14)10-11-20-18(24)16-7-8-17(23)22(21-16)15-9-12-28(26,27)13-15/h2-6,15,25H,7-13H2,1H3,(H,20,24)/t15-,19+/m1/s1. The smallest absolute Gasteiger partial charge is 0.267 e. The van der Waals surface area contributed by atoms with Crippen molar-refractivity contribution >= 4 is 27.4 Å². The third-order valence-electron chi connectivity index (χ3n) is 5.17. The number of hydrogen-bond acceptors (Lipinski definition) is 6. The molecule has 2 heterocycles. The fourth-order valence-corrected chi connectivity index (χ4v) is 5.14. The highest BCUT2D eigenvalue weighted by Crippen LogP contribution is 2.24. The average molecular weight is 407 g/mol. The van der Waals surface area contributed by atoms with Crippen LogP contribution in [0.3, 0.4) is 0 Å². The van der Waals surface area contributed by atoms with Gasteiger partial charge in [-0.3, -0.25) is 9.59 Å². The number of sulfone groups is 1. The van der Waals surface area contributed by atoms with Gasteiger partial charge in [0.15, 0.2) is 9.84 Å². The first-order chi connectivity index (χ1) is 13.2. The second-order valence-electron chi connectivity index (χ2n) is 7.49. The van der Waals surface area contributed by atoms with Crippen LogP contribution in [0.2, 0.25) is 0 Å². The molecule has 0 radical (unpaired) electrons. The lowest BCUT2D eigenvalue weighted by Gasteiger charge is -2.28. The fourth-order valence-electron chi connectivity index (χ4n) is 3.45. The molecule has 0 aliphatic carbocycles. The van der Waals surface area contributed by atoms with Crippen molar-refractivity contribution in [2.45, 2.75) is 44.2 Å². The van der Waals surface area contributed by atoms with Crippen LogP contribution in [-0.4, -0.2) is 60.2 Å². The molecule has 8 nitrogen and oxygen atoms in total. The molecule has 3 rings (SSSR count). The Morgan fingerprint density at radius 1 is 1.32 bits per heavy atom. The van der Waals surface area contributed by atoms with E-state index < -0.39 is 27.4 Å². The minimum absolute atomic E-state index is 0.0348. The van der Waals surface area contributed by atoms with E-state index in [-0.39, 0.29) is 42.5 Å². The molecule has 0 spiro atoms. The summed E-state index contributed by atoms with van der Waals surface area (Å²) in [5.74, 6) is -0.739. The quantitative estimate of drug-likeness (QED) is 0.715. The van der Waals surface area contributed by atoms with Gasteiger partial charge in [-0.05, 0) is 25.3 Å². The van der Waals surface area contributed by atoms with Crippen molar-refractivity contribution in [3.8, 4) is 0 Å². The number of nitrogens with zero attached hydrogens (tertiary/aromatic N) is 2. The Labute approximate surface area is 164 Å². The summed E-state index contributed by atoms with van der Waals surface area (Å²) in [5, 5.41) is 18.6. The number of carbonyl (C=O) groups is 2. The maximum Gasteiger partial charge on any atom is 0.267 e. The van der Waals surface area contributed by atoms with E-state index in [0.717, 1.165) is 5.56 Å². The molecule has 1 fully saturated rings. The highest BCUT2D eigenvalue weighted by Gasteiger charge is 2.37. The molecule has 9 heteroatoms. The van der Waals surface area contributed by atoms with Crippen LogP contribution in [0.25, 0.3) is 0 Å². The fraction of sp³-hybridized carbons (Fsp3) is 0.526. The number of aliphatic hydroxyl groups is 1. The van der Waals surface area contributed by atoms with E-state index in [1.807, 2.05) is 30.3 Å². The van der Waals surface area contributed by atoms with Gasteiger partial charge in [0.2, 0.25) is 5.91 Å². The van der Waals surface area contributed by atoms with Crippen molar-refractivity contribution in [1.82, 2.24) is 10.3 Å². The summed E-state index contributed by atoms with van der Waals surface area (Å²) in [6, 6.07) is 8.70. The van der Waals surface area contributed by atoms with Gasteiger partial charge < -0.3 is 10.4 Å². The molecule has 152 valence electrons. The van der Waals surface area contributed by atoms with E-state index in [4.69, 9.17) is 0 Å². The van der Waals surface area contributed by atoms with Gasteiger partial charge in [0.05, 0.1) is 23.1 Å². The monoisotopic (exact) mass is 407 g/mol. The first kappa shape index (κ1) is 20.5. The topological polar surface area (TPSA) is 116 Å². The van der Waals surface area contributed by atoms with Crippen molar-refractivity contribution in [1.29, 1.82) is 0 Å². The second kappa shape index (κ2) is 8.00. The van der Waals surface area contributed by atoms with E-state index in [9.17, 15) is 23.1 Å². The van der Waals surface area contributed by atoms with Crippen LogP contribution in [0.5, 0.6) is 0 Å². The summed E-state index contributed by atoms with van der Waals surface area (Å²) in [4.78, 5) is 24.6. The Balaban J connectivity index is 1.59. The zero-order valence-corrected chi connectivity index (χ0v) is 16.6. The molecule has 1 aromatic rings. The Kier molecular flexibility index (Phi) is 5.85. The molecular weight excluding hydrogens is 382 g/mol. The lowest BCUT2D eigenvalue weighted by Crippen LogP contribution is -2.44. The zero-order chi connectivity index (χ0) is 20.4. The van der Waals surface area contributed by atoms with Crippen molar-refractivity contribution < 1.29 is 23.1 Å².